The summed E-state index contributed by atoms with van der Waals surface area (Å²) in [5, 5.41) is 13.9. The van der Waals surface area contributed by atoms with E-state index >= 15 is 0 Å². The molecule has 3 N–H and O–H groups in total. The Kier molecular flexibility index (Phi) is 8.24. The quantitative estimate of drug-likeness (QED) is 0.530. The summed E-state index contributed by atoms with van der Waals surface area (Å²) in [6.45, 7) is 3.04. The number of rotatable bonds is 8. The molecule has 0 saturated heterocycles. The second-order valence-electron chi connectivity index (χ2n) is 3.43. The molecule has 0 bridgehead atoms. The van der Waals surface area contributed by atoms with Crippen LogP contribution in [0.4, 0.5) is 4.79 Å². The Morgan fingerprint density at radius 2 is 2.06 bits per heavy atom. The maximum atomic E-state index is 11.2. The molecule has 2 amide bonds. The van der Waals surface area contributed by atoms with Gasteiger partial charge >= 0.3 is 12.0 Å². The predicted octanol–water partition coefficient (Wildman–Crippen LogP) is 0.433. The molecule has 0 spiro atoms. The van der Waals surface area contributed by atoms with Crippen molar-refractivity contribution >= 4 is 12.0 Å². The normalized spacial score (nSPS) is 11.9. The highest BCUT2D eigenvalue weighted by Gasteiger charge is 2.15. The SMILES string of the molecule is CCC(CNC(=O)NCCCOC)C(=O)O. The van der Waals surface area contributed by atoms with Crippen LogP contribution in [0.3, 0.4) is 0 Å². The molecule has 0 aromatic carbocycles. The third-order valence-corrected chi connectivity index (χ3v) is 2.16. The van der Waals surface area contributed by atoms with E-state index in [1.807, 2.05) is 0 Å². The average molecular weight is 232 g/mol. The van der Waals surface area contributed by atoms with Crippen LogP contribution < -0.4 is 10.6 Å². The van der Waals surface area contributed by atoms with E-state index in [4.69, 9.17) is 9.84 Å². The Hall–Kier alpha value is -1.30. The average Bonchev–Trinajstić information content (AvgIpc) is 2.25. The van der Waals surface area contributed by atoms with E-state index < -0.39 is 11.9 Å². The van der Waals surface area contributed by atoms with Crippen molar-refractivity contribution in [3.8, 4) is 0 Å². The molecule has 0 aromatic rings. The zero-order chi connectivity index (χ0) is 12.4. The van der Waals surface area contributed by atoms with Crippen LogP contribution in [-0.4, -0.2) is 43.9 Å². The number of carboxylic acid groups (broad SMARTS) is 1. The Bertz CT molecular complexity index is 221. The highest BCUT2D eigenvalue weighted by atomic mass is 16.5. The molecule has 0 radical (unpaired) electrons. The van der Waals surface area contributed by atoms with E-state index in [1.165, 1.54) is 0 Å². The molecule has 94 valence electrons. The van der Waals surface area contributed by atoms with Crippen LogP contribution in [0.25, 0.3) is 0 Å². The van der Waals surface area contributed by atoms with Gasteiger partial charge in [0, 0.05) is 26.8 Å². The van der Waals surface area contributed by atoms with Crippen molar-refractivity contribution in [3.05, 3.63) is 0 Å². The van der Waals surface area contributed by atoms with Crippen LogP contribution in [0.2, 0.25) is 0 Å². The van der Waals surface area contributed by atoms with E-state index in [1.54, 1.807) is 14.0 Å². The van der Waals surface area contributed by atoms with Crippen LogP contribution in [0.15, 0.2) is 0 Å². The second-order valence-corrected chi connectivity index (χ2v) is 3.43. The lowest BCUT2D eigenvalue weighted by molar-refractivity contribution is -0.141. The first-order valence-corrected chi connectivity index (χ1v) is 5.35. The molecular weight excluding hydrogens is 212 g/mol. The van der Waals surface area contributed by atoms with Crippen molar-refractivity contribution in [3.63, 3.8) is 0 Å². The summed E-state index contributed by atoms with van der Waals surface area (Å²) in [4.78, 5) is 21.8. The number of methoxy groups -OCH3 is 1. The van der Waals surface area contributed by atoms with Crippen molar-refractivity contribution in [2.75, 3.05) is 26.8 Å². The second kappa shape index (κ2) is 8.96. The molecule has 0 rings (SSSR count). The molecule has 0 aromatic heterocycles. The third-order valence-electron chi connectivity index (χ3n) is 2.16. The van der Waals surface area contributed by atoms with Gasteiger partial charge in [-0.15, -0.1) is 0 Å². The molecule has 0 saturated carbocycles. The fraction of sp³-hybridized carbons (Fsp3) is 0.800. The first kappa shape index (κ1) is 14.7. The van der Waals surface area contributed by atoms with Gasteiger partial charge in [-0.05, 0) is 12.8 Å². The summed E-state index contributed by atoms with van der Waals surface area (Å²) in [7, 11) is 1.60. The van der Waals surface area contributed by atoms with E-state index in [2.05, 4.69) is 10.6 Å². The van der Waals surface area contributed by atoms with Gasteiger partial charge in [-0.1, -0.05) is 6.92 Å². The van der Waals surface area contributed by atoms with Gasteiger partial charge in [0.25, 0.3) is 0 Å². The van der Waals surface area contributed by atoms with Gasteiger partial charge in [0.05, 0.1) is 5.92 Å². The lowest BCUT2D eigenvalue weighted by atomic mass is 10.1. The van der Waals surface area contributed by atoms with E-state index in [0.717, 1.165) is 6.42 Å². The van der Waals surface area contributed by atoms with Crippen molar-refractivity contribution in [1.82, 2.24) is 10.6 Å². The Balaban J connectivity index is 3.59. The number of hydrogen-bond donors (Lipinski definition) is 3. The van der Waals surface area contributed by atoms with Crippen LogP contribution in [0.5, 0.6) is 0 Å². The number of ether oxygens (including phenoxy) is 1. The van der Waals surface area contributed by atoms with Crippen molar-refractivity contribution in [1.29, 1.82) is 0 Å². The Labute approximate surface area is 95.4 Å². The van der Waals surface area contributed by atoms with Gasteiger partial charge in [-0.25, -0.2) is 4.79 Å². The summed E-state index contributed by atoms with van der Waals surface area (Å²) >= 11 is 0. The summed E-state index contributed by atoms with van der Waals surface area (Å²) in [6, 6.07) is -0.337. The molecule has 0 aliphatic carbocycles. The fourth-order valence-electron chi connectivity index (χ4n) is 1.10. The van der Waals surface area contributed by atoms with Gasteiger partial charge in [0.15, 0.2) is 0 Å². The van der Waals surface area contributed by atoms with E-state index in [0.29, 0.717) is 19.6 Å². The summed E-state index contributed by atoms with van der Waals surface area (Å²) in [5.41, 5.74) is 0. The summed E-state index contributed by atoms with van der Waals surface area (Å²) < 4.78 is 4.82. The molecule has 0 fully saturated rings. The van der Waals surface area contributed by atoms with Gasteiger partial charge in [-0.2, -0.15) is 0 Å². The number of carbonyl (C=O) groups excluding carboxylic acids is 1. The molecule has 16 heavy (non-hydrogen) atoms. The highest BCUT2D eigenvalue weighted by Crippen LogP contribution is 1.99. The minimum absolute atomic E-state index is 0.155. The van der Waals surface area contributed by atoms with Gasteiger partial charge < -0.3 is 20.5 Å². The lowest BCUT2D eigenvalue weighted by Crippen LogP contribution is -2.40. The lowest BCUT2D eigenvalue weighted by Gasteiger charge is -2.11. The first-order chi connectivity index (χ1) is 7.61. The van der Waals surface area contributed by atoms with Crippen LogP contribution in [0, 0.1) is 5.92 Å². The van der Waals surface area contributed by atoms with Crippen LogP contribution >= 0.6 is 0 Å². The maximum Gasteiger partial charge on any atom is 0.314 e. The zero-order valence-electron chi connectivity index (χ0n) is 9.78. The highest BCUT2D eigenvalue weighted by molar-refractivity contribution is 5.75. The molecule has 6 nitrogen and oxygen atoms in total. The minimum atomic E-state index is -0.887. The van der Waals surface area contributed by atoms with Crippen molar-refractivity contribution < 1.29 is 19.4 Å². The number of urea groups is 1. The predicted molar refractivity (Wildman–Crippen MR) is 59.3 cm³/mol. The van der Waals surface area contributed by atoms with E-state index in [9.17, 15) is 9.59 Å². The van der Waals surface area contributed by atoms with Gasteiger partial charge in [0.1, 0.15) is 0 Å². The maximum absolute atomic E-state index is 11.2. The topological polar surface area (TPSA) is 87.7 Å². The molecule has 0 aliphatic rings. The number of carbonyl (C=O) groups is 2. The number of hydrogen-bond acceptors (Lipinski definition) is 3. The Morgan fingerprint density at radius 1 is 1.38 bits per heavy atom. The first-order valence-electron chi connectivity index (χ1n) is 5.35. The van der Waals surface area contributed by atoms with Gasteiger partial charge in [0.2, 0.25) is 0 Å². The standard InChI is InChI=1S/C10H20N2O4/c1-3-8(9(13)14)7-12-10(15)11-5-4-6-16-2/h8H,3-7H2,1-2H3,(H,13,14)(H2,11,12,15). The third kappa shape index (κ3) is 7.05. The number of aliphatic carboxylic acids is 1. The fourth-order valence-corrected chi connectivity index (χ4v) is 1.10. The molecule has 1 atom stereocenters. The van der Waals surface area contributed by atoms with E-state index in [-0.39, 0.29) is 12.6 Å². The van der Waals surface area contributed by atoms with Crippen molar-refractivity contribution in [2.45, 2.75) is 19.8 Å². The molecule has 6 heteroatoms. The number of carboxylic acids is 1. The summed E-state index contributed by atoms with van der Waals surface area (Å²) in [6.07, 6.45) is 1.24. The minimum Gasteiger partial charge on any atom is -0.481 e. The molecule has 0 heterocycles. The monoisotopic (exact) mass is 232 g/mol. The largest absolute Gasteiger partial charge is 0.481 e. The molecule has 0 aliphatic heterocycles. The zero-order valence-corrected chi connectivity index (χ0v) is 9.78. The molecule has 1 unspecified atom stereocenters. The number of amides is 2. The van der Waals surface area contributed by atoms with Gasteiger partial charge in [-0.3, -0.25) is 4.79 Å². The molecular formula is C10H20N2O4. The van der Waals surface area contributed by atoms with Crippen LogP contribution in [0.1, 0.15) is 19.8 Å². The Morgan fingerprint density at radius 3 is 2.56 bits per heavy atom. The summed E-state index contributed by atoms with van der Waals surface area (Å²) in [5.74, 6) is -1.41. The van der Waals surface area contributed by atoms with Crippen LogP contribution in [-0.2, 0) is 9.53 Å². The van der Waals surface area contributed by atoms with Crippen molar-refractivity contribution in [2.24, 2.45) is 5.92 Å². The number of nitrogens with one attached hydrogen (secondary N) is 2. The smallest absolute Gasteiger partial charge is 0.314 e.